The molecule has 3 heteroatoms. The Morgan fingerprint density at radius 2 is 2.00 bits per heavy atom. The lowest BCUT2D eigenvalue weighted by Gasteiger charge is -2.32. The zero-order chi connectivity index (χ0) is 9.31. The van der Waals surface area contributed by atoms with Gasteiger partial charge in [-0.1, -0.05) is 0 Å². The van der Waals surface area contributed by atoms with Crippen molar-refractivity contribution in [3.63, 3.8) is 0 Å². The minimum absolute atomic E-state index is 0.349. The van der Waals surface area contributed by atoms with E-state index in [1.165, 1.54) is 0 Å². The third-order valence-corrected chi connectivity index (χ3v) is 3.17. The Morgan fingerprint density at radius 1 is 1.38 bits per heavy atom. The molecule has 2 rings (SSSR count). The van der Waals surface area contributed by atoms with Gasteiger partial charge in [0, 0.05) is 32.7 Å². The van der Waals surface area contributed by atoms with Crippen molar-refractivity contribution in [2.24, 2.45) is 5.92 Å². The first-order valence-electron chi connectivity index (χ1n) is 5.30. The average molecular weight is 186 g/mol. The molecule has 1 aliphatic heterocycles. The number of hydrogen-bond acceptors (Lipinski definition) is 2. The van der Waals surface area contributed by atoms with E-state index in [0.717, 1.165) is 39.0 Å². The van der Waals surface area contributed by atoms with Gasteiger partial charge in [0.1, 0.15) is 5.67 Å². The van der Waals surface area contributed by atoms with Crippen LogP contribution in [0.3, 0.4) is 0 Å². The van der Waals surface area contributed by atoms with Gasteiger partial charge in [0.25, 0.3) is 0 Å². The number of alkyl halides is 1. The number of rotatable bonds is 3. The maximum atomic E-state index is 14.0. The second kappa shape index (κ2) is 3.54. The molecule has 1 heterocycles. The summed E-state index contributed by atoms with van der Waals surface area (Å²) >= 11 is 0. The van der Waals surface area contributed by atoms with Crippen molar-refractivity contribution in [3.8, 4) is 0 Å². The van der Waals surface area contributed by atoms with E-state index in [4.69, 9.17) is 0 Å². The maximum absolute atomic E-state index is 14.0. The number of hydrogen-bond donors (Lipinski definition) is 1. The molecule has 0 spiro atoms. The normalized spacial score (nSPS) is 30.0. The van der Waals surface area contributed by atoms with Crippen molar-refractivity contribution >= 4 is 0 Å². The highest BCUT2D eigenvalue weighted by Gasteiger charge is 2.42. The van der Waals surface area contributed by atoms with Gasteiger partial charge in [-0.25, -0.2) is 4.39 Å². The van der Waals surface area contributed by atoms with Crippen molar-refractivity contribution < 1.29 is 4.39 Å². The van der Waals surface area contributed by atoms with Gasteiger partial charge in [0.15, 0.2) is 0 Å². The van der Waals surface area contributed by atoms with E-state index in [9.17, 15) is 4.39 Å². The Labute approximate surface area is 79.5 Å². The molecule has 2 fully saturated rings. The van der Waals surface area contributed by atoms with Crippen LogP contribution in [0.2, 0.25) is 0 Å². The summed E-state index contributed by atoms with van der Waals surface area (Å²) in [6.07, 6.45) is 2.19. The van der Waals surface area contributed by atoms with Crippen LogP contribution < -0.4 is 5.32 Å². The molecule has 0 amide bonds. The van der Waals surface area contributed by atoms with E-state index in [-0.39, 0.29) is 0 Å². The van der Waals surface area contributed by atoms with Gasteiger partial charge in [-0.15, -0.1) is 0 Å². The fraction of sp³-hybridized carbons (Fsp3) is 1.00. The second-order valence-corrected chi connectivity index (χ2v) is 4.58. The predicted octanol–water partition coefficient (Wildman–Crippen LogP) is 1.03. The second-order valence-electron chi connectivity index (χ2n) is 4.58. The first-order valence-corrected chi connectivity index (χ1v) is 5.30. The Hall–Kier alpha value is -0.150. The van der Waals surface area contributed by atoms with Gasteiger partial charge in [-0.05, 0) is 25.7 Å². The molecule has 0 aromatic heterocycles. The van der Waals surface area contributed by atoms with E-state index < -0.39 is 5.67 Å². The number of halogens is 1. The highest BCUT2D eigenvalue weighted by molar-refractivity contribution is 4.94. The van der Waals surface area contributed by atoms with Crippen LogP contribution in [0.15, 0.2) is 0 Å². The van der Waals surface area contributed by atoms with Crippen LogP contribution in [-0.2, 0) is 0 Å². The van der Waals surface area contributed by atoms with Crippen molar-refractivity contribution in [3.05, 3.63) is 0 Å². The van der Waals surface area contributed by atoms with Crippen LogP contribution in [0, 0.1) is 5.92 Å². The number of nitrogens with one attached hydrogen (secondary N) is 1. The average Bonchev–Trinajstić information content (AvgIpc) is 2.87. The highest BCUT2D eigenvalue weighted by Crippen LogP contribution is 2.42. The van der Waals surface area contributed by atoms with Gasteiger partial charge in [0.2, 0.25) is 0 Å². The lowest BCUT2D eigenvalue weighted by molar-refractivity contribution is 0.0812. The van der Waals surface area contributed by atoms with Crippen LogP contribution >= 0.6 is 0 Å². The van der Waals surface area contributed by atoms with E-state index >= 15 is 0 Å². The summed E-state index contributed by atoms with van der Waals surface area (Å²) in [5.74, 6) is 0.349. The van der Waals surface area contributed by atoms with Crippen LogP contribution in [0.5, 0.6) is 0 Å². The quantitative estimate of drug-likeness (QED) is 0.708. The standard InChI is InChI=1S/C10H19FN2/c1-10(11,9-2-3-9)8-13-6-4-12-5-7-13/h9,12H,2-8H2,1H3. The molecule has 1 saturated heterocycles. The van der Waals surface area contributed by atoms with Gasteiger partial charge in [0.05, 0.1) is 0 Å². The van der Waals surface area contributed by atoms with Crippen molar-refractivity contribution in [2.75, 3.05) is 32.7 Å². The predicted molar refractivity (Wildman–Crippen MR) is 51.5 cm³/mol. The van der Waals surface area contributed by atoms with E-state index in [2.05, 4.69) is 10.2 Å². The smallest absolute Gasteiger partial charge is 0.123 e. The third kappa shape index (κ3) is 2.41. The zero-order valence-corrected chi connectivity index (χ0v) is 8.35. The lowest BCUT2D eigenvalue weighted by Crippen LogP contribution is -2.48. The third-order valence-electron chi connectivity index (χ3n) is 3.17. The molecule has 2 aliphatic rings. The first kappa shape index (κ1) is 9.41. The van der Waals surface area contributed by atoms with Gasteiger partial charge >= 0.3 is 0 Å². The molecule has 0 bridgehead atoms. The van der Waals surface area contributed by atoms with E-state index in [1.807, 2.05) is 0 Å². The summed E-state index contributed by atoms with van der Waals surface area (Å²) in [4.78, 5) is 2.24. The molecule has 76 valence electrons. The summed E-state index contributed by atoms with van der Waals surface area (Å²) in [5.41, 5.74) is -0.933. The molecule has 0 aromatic rings. The van der Waals surface area contributed by atoms with Crippen molar-refractivity contribution in [1.82, 2.24) is 10.2 Å². The van der Waals surface area contributed by atoms with Gasteiger partial charge in [-0.2, -0.15) is 0 Å². The van der Waals surface area contributed by atoms with Crippen molar-refractivity contribution in [2.45, 2.75) is 25.4 Å². The molecule has 1 saturated carbocycles. The van der Waals surface area contributed by atoms with Gasteiger partial charge < -0.3 is 5.32 Å². The lowest BCUT2D eigenvalue weighted by atomic mass is 10.0. The van der Waals surface area contributed by atoms with Crippen LogP contribution in [0.25, 0.3) is 0 Å². The zero-order valence-electron chi connectivity index (χ0n) is 8.35. The summed E-state index contributed by atoms with van der Waals surface area (Å²) in [5, 5.41) is 3.28. The molecule has 0 radical (unpaired) electrons. The largest absolute Gasteiger partial charge is 0.314 e. The topological polar surface area (TPSA) is 15.3 Å². The first-order chi connectivity index (χ1) is 6.18. The Bertz CT molecular complexity index is 172. The van der Waals surface area contributed by atoms with E-state index in [0.29, 0.717) is 12.5 Å². The van der Waals surface area contributed by atoms with Gasteiger partial charge in [-0.3, -0.25) is 4.90 Å². The van der Waals surface area contributed by atoms with Crippen LogP contribution in [0.4, 0.5) is 4.39 Å². The molecular weight excluding hydrogens is 167 g/mol. The number of piperazine rings is 1. The van der Waals surface area contributed by atoms with E-state index in [1.54, 1.807) is 6.92 Å². The molecule has 1 aliphatic carbocycles. The summed E-state index contributed by atoms with van der Waals surface area (Å²) in [6, 6.07) is 0. The fourth-order valence-corrected chi connectivity index (χ4v) is 2.12. The maximum Gasteiger partial charge on any atom is 0.123 e. The summed E-state index contributed by atoms with van der Waals surface area (Å²) in [6.45, 7) is 6.45. The summed E-state index contributed by atoms with van der Waals surface area (Å²) in [7, 11) is 0. The minimum atomic E-state index is -0.933. The molecule has 0 aromatic carbocycles. The highest BCUT2D eigenvalue weighted by atomic mass is 19.1. The monoisotopic (exact) mass is 186 g/mol. The Kier molecular flexibility index (Phi) is 2.56. The molecular formula is C10H19FN2. The Balaban J connectivity index is 1.80. The van der Waals surface area contributed by atoms with Crippen LogP contribution in [0.1, 0.15) is 19.8 Å². The molecule has 1 unspecified atom stereocenters. The molecule has 1 N–H and O–H groups in total. The van der Waals surface area contributed by atoms with Crippen LogP contribution in [-0.4, -0.2) is 43.3 Å². The number of nitrogens with zero attached hydrogens (tertiary/aromatic N) is 1. The minimum Gasteiger partial charge on any atom is -0.314 e. The fourth-order valence-electron chi connectivity index (χ4n) is 2.12. The summed E-state index contributed by atoms with van der Waals surface area (Å²) < 4.78 is 14.0. The SMILES string of the molecule is CC(F)(CN1CCNCC1)C1CC1. The molecule has 2 nitrogen and oxygen atoms in total. The van der Waals surface area contributed by atoms with Crippen molar-refractivity contribution in [1.29, 1.82) is 0 Å². The molecule has 13 heavy (non-hydrogen) atoms. The Morgan fingerprint density at radius 3 is 2.54 bits per heavy atom. The molecule has 1 atom stereocenters.